The zero-order chi connectivity index (χ0) is 12.8. The Bertz CT molecular complexity index is 332. The summed E-state index contributed by atoms with van der Waals surface area (Å²) >= 11 is 0. The molecule has 0 aliphatic heterocycles. The highest BCUT2D eigenvalue weighted by Gasteiger charge is 2.20. The van der Waals surface area contributed by atoms with Crippen LogP contribution < -0.4 is 5.32 Å². The SMILES string of the molecule is CC(C)CC(NCc1ccn[nH]1)C(=O)N(C)C. The summed E-state index contributed by atoms with van der Waals surface area (Å²) in [4.78, 5) is 13.6. The number of nitrogens with one attached hydrogen (secondary N) is 2. The number of aromatic nitrogens is 2. The van der Waals surface area contributed by atoms with Crippen LogP contribution in [0.25, 0.3) is 0 Å². The Morgan fingerprint density at radius 2 is 2.24 bits per heavy atom. The molecule has 0 bridgehead atoms. The lowest BCUT2D eigenvalue weighted by Gasteiger charge is -2.23. The first kappa shape index (κ1) is 13.7. The molecule has 1 rings (SSSR count). The highest BCUT2D eigenvalue weighted by molar-refractivity contribution is 5.81. The smallest absolute Gasteiger partial charge is 0.239 e. The van der Waals surface area contributed by atoms with Gasteiger partial charge in [-0.25, -0.2) is 0 Å². The Labute approximate surface area is 103 Å². The number of nitrogens with zero attached hydrogens (tertiary/aromatic N) is 2. The third kappa shape index (κ3) is 4.56. The molecule has 0 fully saturated rings. The second-order valence-electron chi connectivity index (χ2n) is 4.88. The van der Waals surface area contributed by atoms with Crippen molar-refractivity contribution in [2.24, 2.45) is 5.92 Å². The van der Waals surface area contributed by atoms with Crippen LogP contribution in [0.15, 0.2) is 12.3 Å². The maximum Gasteiger partial charge on any atom is 0.239 e. The molecular formula is C12H22N4O. The zero-order valence-corrected chi connectivity index (χ0v) is 11.0. The molecule has 2 N–H and O–H groups in total. The number of rotatable bonds is 6. The van der Waals surface area contributed by atoms with Gasteiger partial charge in [0.25, 0.3) is 0 Å². The van der Waals surface area contributed by atoms with Gasteiger partial charge in [0.05, 0.1) is 6.04 Å². The molecule has 1 aromatic rings. The lowest BCUT2D eigenvalue weighted by atomic mass is 10.0. The average molecular weight is 238 g/mol. The molecule has 1 heterocycles. The van der Waals surface area contributed by atoms with Gasteiger partial charge in [-0.1, -0.05) is 13.8 Å². The van der Waals surface area contributed by atoms with Crippen LogP contribution in [0.1, 0.15) is 26.0 Å². The van der Waals surface area contributed by atoms with Gasteiger partial charge < -0.3 is 10.2 Å². The van der Waals surface area contributed by atoms with E-state index in [2.05, 4.69) is 29.4 Å². The Kier molecular flexibility index (Phi) is 5.15. The minimum absolute atomic E-state index is 0.123. The second-order valence-corrected chi connectivity index (χ2v) is 4.88. The first-order valence-corrected chi connectivity index (χ1v) is 5.93. The molecule has 1 atom stereocenters. The van der Waals surface area contributed by atoms with Crippen LogP contribution in [0.3, 0.4) is 0 Å². The normalized spacial score (nSPS) is 12.8. The molecule has 0 saturated carbocycles. The quantitative estimate of drug-likeness (QED) is 0.777. The maximum atomic E-state index is 12.0. The highest BCUT2D eigenvalue weighted by atomic mass is 16.2. The van der Waals surface area contributed by atoms with E-state index in [1.165, 1.54) is 0 Å². The Balaban J connectivity index is 2.54. The molecule has 0 aliphatic rings. The predicted molar refractivity (Wildman–Crippen MR) is 67.4 cm³/mol. The molecule has 0 spiro atoms. The van der Waals surface area contributed by atoms with Crippen LogP contribution in [-0.4, -0.2) is 41.1 Å². The third-order valence-corrected chi connectivity index (χ3v) is 2.54. The number of carbonyl (C=O) groups excluding carboxylic acids is 1. The fraction of sp³-hybridized carbons (Fsp3) is 0.667. The van der Waals surface area contributed by atoms with Crippen LogP contribution in [-0.2, 0) is 11.3 Å². The fourth-order valence-corrected chi connectivity index (χ4v) is 1.67. The van der Waals surface area contributed by atoms with Crippen molar-refractivity contribution in [2.75, 3.05) is 14.1 Å². The lowest BCUT2D eigenvalue weighted by molar-refractivity contribution is -0.131. The molecule has 1 amide bonds. The largest absolute Gasteiger partial charge is 0.347 e. The van der Waals surface area contributed by atoms with E-state index < -0.39 is 0 Å². The Hall–Kier alpha value is -1.36. The van der Waals surface area contributed by atoms with E-state index in [4.69, 9.17) is 0 Å². The first-order valence-electron chi connectivity index (χ1n) is 5.93. The second kappa shape index (κ2) is 6.39. The topological polar surface area (TPSA) is 61.0 Å². The molecule has 17 heavy (non-hydrogen) atoms. The van der Waals surface area contributed by atoms with Gasteiger partial charge in [-0.3, -0.25) is 9.89 Å². The van der Waals surface area contributed by atoms with Crippen molar-refractivity contribution in [3.05, 3.63) is 18.0 Å². The van der Waals surface area contributed by atoms with Crippen molar-refractivity contribution in [3.63, 3.8) is 0 Å². The third-order valence-electron chi connectivity index (χ3n) is 2.54. The minimum Gasteiger partial charge on any atom is -0.347 e. The molecule has 5 heteroatoms. The maximum absolute atomic E-state index is 12.0. The minimum atomic E-state index is -0.131. The van der Waals surface area contributed by atoms with Crippen LogP contribution >= 0.6 is 0 Å². The van der Waals surface area contributed by atoms with Gasteiger partial charge in [0.15, 0.2) is 0 Å². The zero-order valence-electron chi connectivity index (χ0n) is 11.0. The number of amides is 1. The van der Waals surface area contributed by atoms with E-state index >= 15 is 0 Å². The molecule has 1 aromatic heterocycles. The van der Waals surface area contributed by atoms with Crippen LogP contribution in [0.5, 0.6) is 0 Å². The number of aromatic amines is 1. The molecule has 96 valence electrons. The van der Waals surface area contributed by atoms with Gasteiger partial charge >= 0.3 is 0 Å². The van der Waals surface area contributed by atoms with Gasteiger partial charge in [0, 0.05) is 32.5 Å². The van der Waals surface area contributed by atoms with Crippen LogP contribution in [0.4, 0.5) is 0 Å². The summed E-state index contributed by atoms with van der Waals surface area (Å²) < 4.78 is 0. The summed E-state index contributed by atoms with van der Waals surface area (Å²) in [6.07, 6.45) is 2.55. The highest BCUT2D eigenvalue weighted by Crippen LogP contribution is 2.07. The molecule has 0 aromatic carbocycles. The summed E-state index contributed by atoms with van der Waals surface area (Å²) in [5, 5.41) is 10.0. The van der Waals surface area contributed by atoms with Crippen LogP contribution in [0.2, 0.25) is 0 Å². The van der Waals surface area contributed by atoms with Gasteiger partial charge in [-0.15, -0.1) is 0 Å². The average Bonchev–Trinajstić information content (AvgIpc) is 2.75. The molecule has 1 unspecified atom stereocenters. The predicted octanol–water partition coefficient (Wildman–Crippen LogP) is 1.00. The lowest BCUT2D eigenvalue weighted by Crippen LogP contribution is -2.44. The van der Waals surface area contributed by atoms with E-state index in [1.54, 1.807) is 25.2 Å². The summed E-state index contributed by atoms with van der Waals surface area (Å²) in [5.74, 6) is 0.608. The van der Waals surface area contributed by atoms with Gasteiger partial charge in [-0.2, -0.15) is 5.10 Å². The summed E-state index contributed by atoms with van der Waals surface area (Å²) in [5.41, 5.74) is 0.991. The summed E-state index contributed by atoms with van der Waals surface area (Å²) in [6.45, 7) is 4.87. The molecule has 5 nitrogen and oxygen atoms in total. The molecular weight excluding hydrogens is 216 g/mol. The number of carbonyl (C=O) groups is 1. The van der Waals surface area contributed by atoms with Crippen molar-refractivity contribution in [2.45, 2.75) is 32.9 Å². The van der Waals surface area contributed by atoms with Gasteiger partial charge in [0.1, 0.15) is 0 Å². The van der Waals surface area contributed by atoms with E-state index in [9.17, 15) is 4.79 Å². The fourth-order valence-electron chi connectivity index (χ4n) is 1.67. The standard InChI is InChI=1S/C12H22N4O/c1-9(2)7-11(12(17)16(3)4)13-8-10-5-6-14-15-10/h5-6,9,11,13H,7-8H2,1-4H3,(H,14,15). The number of hydrogen-bond acceptors (Lipinski definition) is 3. The van der Waals surface area contributed by atoms with E-state index in [-0.39, 0.29) is 11.9 Å². The first-order chi connectivity index (χ1) is 8.00. The molecule has 0 aliphatic carbocycles. The van der Waals surface area contributed by atoms with Crippen molar-refractivity contribution >= 4 is 5.91 Å². The van der Waals surface area contributed by atoms with Crippen molar-refractivity contribution in [1.29, 1.82) is 0 Å². The molecule has 0 saturated heterocycles. The number of likely N-dealkylation sites (N-methyl/N-ethyl adjacent to an activating group) is 1. The van der Waals surface area contributed by atoms with Crippen LogP contribution in [0, 0.1) is 5.92 Å². The van der Waals surface area contributed by atoms with E-state index in [0.29, 0.717) is 12.5 Å². The van der Waals surface area contributed by atoms with Gasteiger partial charge in [-0.05, 0) is 18.4 Å². The van der Waals surface area contributed by atoms with E-state index in [1.807, 2.05) is 6.07 Å². The Morgan fingerprint density at radius 3 is 2.71 bits per heavy atom. The van der Waals surface area contributed by atoms with E-state index in [0.717, 1.165) is 12.1 Å². The van der Waals surface area contributed by atoms with Crippen molar-refractivity contribution in [3.8, 4) is 0 Å². The number of H-pyrrole nitrogens is 1. The van der Waals surface area contributed by atoms with Gasteiger partial charge in [0.2, 0.25) is 5.91 Å². The van der Waals surface area contributed by atoms with Crippen molar-refractivity contribution in [1.82, 2.24) is 20.4 Å². The monoisotopic (exact) mass is 238 g/mol. The number of hydrogen-bond donors (Lipinski definition) is 2. The Morgan fingerprint density at radius 1 is 1.53 bits per heavy atom. The summed E-state index contributed by atoms with van der Waals surface area (Å²) in [7, 11) is 3.57. The molecule has 0 radical (unpaired) electrons. The van der Waals surface area contributed by atoms with Crippen molar-refractivity contribution < 1.29 is 4.79 Å². The summed E-state index contributed by atoms with van der Waals surface area (Å²) in [6, 6.07) is 1.77.